The van der Waals surface area contributed by atoms with Crippen molar-refractivity contribution in [2.24, 2.45) is 22.7 Å². The highest BCUT2D eigenvalue weighted by atomic mass is 14.6. The van der Waals surface area contributed by atoms with Gasteiger partial charge in [0.2, 0.25) is 0 Å². The molecule has 0 heteroatoms. The third kappa shape index (κ3) is 1.18. The summed E-state index contributed by atoms with van der Waals surface area (Å²) in [6.45, 7) is 12.0. The maximum atomic E-state index is 2.52. The second-order valence-corrected chi connectivity index (χ2v) is 6.45. The molecule has 0 nitrogen and oxygen atoms in total. The number of allylic oxidation sites excluding steroid dienone is 2. The van der Waals surface area contributed by atoms with Crippen LogP contribution >= 0.6 is 0 Å². The Labute approximate surface area is 82.4 Å². The van der Waals surface area contributed by atoms with E-state index in [-0.39, 0.29) is 0 Å². The van der Waals surface area contributed by atoms with Crippen LogP contribution in [0.1, 0.15) is 47.5 Å². The van der Waals surface area contributed by atoms with Gasteiger partial charge in [-0.2, -0.15) is 0 Å². The minimum atomic E-state index is 0.396. The average molecular weight is 178 g/mol. The van der Waals surface area contributed by atoms with Gasteiger partial charge in [0, 0.05) is 0 Å². The fourth-order valence-electron chi connectivity index (χ4n) is 3.18. The molecule has 3 rings (SSSR count). The molecular formula is C13H22. The number of fused-ring (bicyclic) bond motifs is 1. The van der Waals surface area contributed by atoms with Crippen LogP contribution in [0.25, 0.3) is 0 Å². The summed E-state index contributed by atoms with van der Waals surface area (Å²) in [7, 11) is 0. The molecule has 2 atom stereocenters. The molecule has 0 aliphatic heterocycles. The largest absolute Gasteiger partial charge is 0.0842 e. The van der Waals surface area contributed by atoms with Gasteiger partial charge in [-0.1, -0.05) is 46.3 Å². The van der Waals surface area contributed by atoms with Crippen LogP contribution in [0.4, 0.5) is 0 Å². The van der Waals surface area contributed by atoms with E-state index in [0.717, 1.165) is 11.8 Å². The Kier molecular flexibility index (Phi) is 1.72. The van der Waals surface area contributed by atoms with Crippen LogP contribution in [0, 0.1) is 22.7 Å². The molecule has 0 unspecified atom stereocenters. The number of hydrogen-bond acceptors (Lipinski definition) is 0. The first-order chi connectivity index (χ1) is 5.83. The van der Waals surface area contributed by atoms with Gasteiger partial charge in [0.25, 0.3) is 0 Å². The zero-order valence-electron chi connectivity index (χ0n) is 9.65. The third-order valence-corrected chi connectivity index (χ3v) is 4.33. The summed E-state index contributed by atoms with van der Waals surface area (Å²) in [6.07, 6.45) is 5.30. The maximum Gasteiger partial charge on any atom is -0.0141 e. The molecule has 2 bridgehead atoms. The van der Waals surface area contributed by atoms with Crippen molar-refractivity contribution in [2.45, 2.75) is 47.5 Å². The minimum absolute atomic E-state index is 0.396. The highest BCUT2D eigenvalue weighted by Crippen LogP contribution is 2.62. The van der Waals surface area contributed by atoms with E-state index in [4.69, 9.17) is 0 Å². The van der Waals surface area contributed by atoms with Gasteiger partial charge >= 0.3 is 0 Å². The van der Waals surface area contributed by atoms with Crippen LogP contribution in [0.2, 0.25) is 0 Å². The Balaban J connectivity index is 2.29. The monoisotopic (exact) mass is 178 g/mol. The van der Waals surface area contributed by atoms with E-state index in [1.54, 1.807) is 5.57 Å². The Morgan fingerprint density at radius 3 is 2.23 bits per heavy atom. The number of hydrogen-bond donors (Lipinski definition) is 0. The number of rotatable bonds is 0. The lowest BCUT2D eigenvalue weighted by molar-refractivity contribution is -0.0176. The standard InChI is InChI=1S/C13H22/c1-12(2,3)10-7-6-9-8-11(10)13(9,4)5/h7,9,11H,6,8H2,1-5H3/t9-,11-/m1/s1. The first-order valence-electron chi connectivity index (χ1n) is 5.54. The van der Waals surface area contributed by atoms with Crippen molar-refractivity contribution in [3.8, 4) is 0 Å². The Hall–Kier alpha value is -0.260. The molecule has 0 spiro atoms. The molecule has 0 radical (unpaired) electrons. The molecule has 1 saturated carbocycles. The summed E-state index contributed by atoms with van der Waals surface area (Å²) in [5.41, 5.74) is 2.71. The van der Waals surface area contributed by atoms with Gasteiger partial charge in [0.1, 0.15) is 0 Å². The minimum Gasteiger partial charge on any atom is -0.0842 e. The van der Waals surface area contributed by atoms with Gasteiger partial charge in [-0.05, 0) is 35.5 Å². The predicted molar refractivity (Wildman–Crippen MR) is 57.5 cm³/mol. The van der Waals surface area contributed by atoms with E-state index in [2.05, 4.69) is 40.7 Å². The lowest BCUT2D eigenvalue weighted by atomic mass is 9.46. The van der Waals surface area contributed by atoms with E-state index < -0.39 is 0 Å². The smallest absolute Gasteiger partial charge is 0.0141 e. The quantitative estimate of drug-likeness (QED) is 0.491. The summed E-state index contributed by atoms with van der Waals surface area (Å²) in [5.74, 6) is 1.86. The lowest BCUT2D eigenvalue weighted by Gasteiger charge is -2.58. The van der Waals surface area contributed by atoms with Crippen LogP contribution in [-0.2, 0) is 0 Å². The zero-order valence-corrected chi connectivity index (χ0v) is 9.65. The van der Waals surface area contributed by atoms with E-state index in [1.807, 2.05) is 0 Å². The summed E-state index contributed by atoms with van der Waals surface area (Å²) < 4.78 is 0. The Morgan fingerprint density at radius 2 is 1.92 bits per heavy atom. The van der Waals surface area contributed by atoms with E-state index in [1.165, 1.54) is 12.8 Å². The highest BCUT2D eigenvalue weighted by Gasteiger charge is 2.52. The molecular weight excluding hydrogens is 156 g/mol. The van der Waals surface area contributed by atoms with Crippen molar-refractivity contribution < 1.29 is 0 Å². The fourth-order valence-corrected chi connectivity index (χ4v) is 3.18. The first-order valence-corrected chi connectivity index (χ1v) is 5.54. The molecule has 0 heterocycles. The topological polar surface area (TPSA) is 0 Å². The van der Waals surface area contributed by atoms with E-state index >= 15 is 0 Å². The first kappa shape index (κ1) is 9.30. The van der Waals surface area contributed by atoms with E-state index in [9.17, 15) is 0 Å². The highest BCUT2D eigenvalue weighted by molar-refractivity contribution is 5.27. The van der Waals surface area contributed by atoms with Gasteiger partial charge in [-0.3, -0.25) is 0 Å². The molecule has 3 aliphatic rings. The molecule has 3 aliphatic carbocycles. The summed E-state index contributed by atoms with van der Waals surface area (Å²) in [5, 5.41) is 0. The molecule has 0 aromatic rings. The summed E-state index contributed by atoms with van der Waals surface area (Å²) in [4.78, 5) is 0. The molecule has 13 heavy (non-hydrogen) atoms. The molecule has 74 valence electrons. The molecule has 0 aromatic heterocycles. The van der Waals surface area contributed by atoms with Crippen LogP contribution in [0.3, 0.4) is 0 Å². The maximum absolute atomic E-state index is 2.52. The SMILES string of the molecule is CC(C)(C)C1=CC[C@@H]2C[C@H]1C2(C)C. The van der Waals surface area contributed by atoms with Gasteiger partial charge in [-0.25, -0.2) is 0 Å². The summed E-state index contributed by atoms with van der Waals surface area (Å²) in [6, 6.07) is 0. The van der Waals surface area contributed by atoms with Gasteiger partial charge in [0.15, 0.2) is 0 Å². The lowest BCUT2D eigenvalue weighted by Crippen LogP contribution is -2.50. The second-order valence-electron chi connectivity index (χ2n) is 6.45. The normalized spacial score (nSPS) is 36.5. The summed E-state index contributed by atoms with van der Waals surface area (Å²) >= 11 is 0. The third-order valence-electron chi connectivity index (χ3n) is 4.33. The molecule has 1 fully saturated rings. The van der Waals surface area contributed by atoms with Crippen LogP contribution < -0.4 is 0 Å². The van der Waals surface area contributed by atoms with Gasteiger partial charge in [0.05, 0.1) is 0 Å². The second kappa shape index (κ2) is 2.40. The van der Waals surface area contributed by atoms with Gasteiger partial charge in [-0.15, -0.1) is 0 Å². The fraction of sp³-hybridized carbons (Fsp3) is 0.846. The van der Waals surface area contributed by atoms with Crippen molar-refractivity contribution in [2.75, 3.05) is 0 Å². The molecule has 0 amide bonds. The molecule has 0 saturated heterocycles. The Morgan fingerprint density at radius 1 is 1.31 bits per heavy atom. The molecule has 0 N–H and O–H groups in total. The van der Waals surface area contributed by atoms with Crippen molar-refractivity contribution >= 4 is 0 Å². The average Bonchev–Trinajstić information content (AvgIpc) is 2.02. The van der Waals surface area contributed by atoms with Gasteiger partial charge < -0.3 is 0 Å². The molecule has 0 aromatic carbocycles. The van der Waals surface area contributed by atoms with E-state index in [0.29, 0.717) is 10.8 Å². The van der Waals surface area contributed by atoms with Crippen molar-refractivity contribution in [3.05, 3.63) is 11.6 Å². The van der Waals surface area contributed by atoms with Crippen LogP contribution in [0.5, 0.6) is 0 Å². The predicted octanol–water partition coefficient (Wildman–Crippen LogP) is 4.02. The van der Waals surface area contributed by atoms with Crippen LogP contribution in [0.15, 0.2) is 11.6 Å². The Bertz CT molecular complexity index is 250. The van der Waals surface area contributed by atoms with Crippen molar-refractivity contribution in [3.63, 3.8) is 0 Å². The zero-order chi connectivity index (χ0) is 9.85. The van der Waals surface area contributed by atoms with Crippen molar-refractivity contribution in [1.29, 1.82) is 0 Å². The van der Waals surface area contributed by atoms with Crippen molar-refractivity contribution in [1.82, 2.24) is 0 Å². The van der Waals surface area contributed by atoms with Crippen LogP contribution in [-0.4, -0.2) is 0 Å².